The Bertz CT molecular complexity index is 1270. The van der Waals surface area contributed by atoms with Crippen molar-refractivity contribution >= 4 is 38.6 Å². The Morgan fingerprint density at radius 3 is 2.50 bits per heavy atom. The van der Waals surface area contributed by atoms with Gasteiger partial charge in [-0.1, -0.05) is 30.3 Å². The molecule has 3 aromatic rings. The maximum Gasteiger partial charge on any atom is 0.260 e. The Kier molecular flexibility index (Phi) is 6.14. The lowest BCUT2D eigenvalue weighted by molar-refractivity contribution is -0.119. The van der Waals surface area contributed by atoms with Crippen LogP contribution < -0.4 is 14.5 Å². The fourth-order valence-corrected chi connectivity index (χ4v) is 4.85. The molecule has 4 rings (SSSR count). The van der Waals surface area contributed by atoms with Crippen molar-refractivity contribution in [2.45, 2.75) is 19.8 Å². The average Bonchev–Trinajstić information content (AvgIpc) is 3.19. The molecule has 0 aromatic heterocycles. The van der Waals surface area contributed by atoms with E-state index in [-0.39, 0.29) is 6.54 Å². The van der Waals surface area contributed by atoms with Gasteiger partial charge < -0.3 is 4.74 Å². The van der Waals surface area contributed by atoms with Crippen LogP contribution >= 0.6 is 0 Å². The molecule has 7 nitrogen and oxygen atoms in total. The van der Waals surface area contributed by atoms with Crippen LogP contribution in [0.2, 0.25) is 0 Å². The van der Waals surface area contributed by atoms with E-state index >= 15 is 0 Å². The first-order chi connectivity index (χ1) is 15.4. The molecule has 0 atom stereocenters. The highest BCUT2D eigenvalue weighted by atomic mass is 32.2. The van der Waals surface area contributed by atoms with E-state index < -0.39 is 15.9 Å². The number of carbonyl (C=O) groups is 1. The summed E-state index contributed by atoms with van der Waals surface area (Å²) >= 11 is 0. The summed E-state index contributed by atoms with van der Waals surface area (Å²) in [7, 11) is -3.67. The molecule has 166 valence electrons. The van der Waals surface area contributed by atoms with Crippen LogP contribution in [-0.2, 0) is 27.7 Å². The minimum atomic E-state index is -3.67. The van der Waals surface area contributed by atoms with E-state index in [2.05, 4.69) is 22.7 Å². The third-order valence-electron chi connectivity index (χ3n) is 5.43. The number of hydrogen-bond donors (Lipinski definition) is 1. The van der Waals surface area contributed by atoms with Crippen LogP contribution in [0.25, 0.3) is 10.8 Å². The van der Waals surface area contributed by atoms with E-state index in [9.17, 15) is 13.2 Å². The van der Waals surface area contributed by atoms with Gasteiger partial charge in [0.05, 0.1) is 24.8 Å². The fourth-order valence-electron chi connectivity index (χ4n) is 4.00. The van der Waals surface area contributed by atoms with Gasteiger partial charge in [-0.3, -0.25) is 9.10 Å². The summed E-state index contributed by atoms with van der Waals surface area (Å²) in [5, 5.41) is 6.44. The van der Waals surface area contributed by atoms with Crippen molar-refractivity contribution in [3.8, 4) is 5.75 Å². The van der Waals surface area contributed by atoms with Gasteiger partial charge in [0.25, 0.3) is 5.91 Å². The highest BCUT2D eigenvalue weighted by molar-refractivity contribution is 7.92. The van der Waals surface area contributed by atoms with E-state index in [0.29, 0.717) is 18.0 Å². The number of benzene rings is 3. The molecule has 0 saturated heterocycles. The number of amides is 1. The topological polar surface area (TPSA) is 88.1 Å². The second-order valence-electron chi connectivity index (χ2n) is 7.64. The van der Waals surface area contributed by atoms with Crippen molar-refractivity contribution in [1.29, 1.82) is 0 Å². The molecule has 0 heterocycles. The van der Waals surface area contributed by atoms with Crippen LogP contribution in [-0.4, -0.2) is 39.9 Å². The lowest BCUT2D eigenvalue weighted by Gasteiger charge is -2.21. The van der Waals surface area contributed by atoms with Crippen LogP contribution in [0.15, 0.2) is 59.7 Å². The van der Waals surface area contributed by atoms with Gasteiger partial charge in [0.2, 0.25) is 10.0 Å². The molecule has 1 aliphatic carbocycles. The molecule has 3 aromatic carbocycles. The normalized spacial score (nSPS) is 12.9. The zero-order valence-electron chi connectivity index (χ0n) is 18.0. The molecule has 8 heteroatoms. The van der Waals surface area contributed by atoms with Crippen molar-refractivity contribution in [1.82, 2.24) is 5.43 Å². The Morgan fingerprint density at radius 2 is 1.81 bits per heavy atom. The Labute approximate surface area is 187 Å². The molecule has 1 N–H and O–H groups in total. The molecule has 0 spiro atoms. The Hall–Kier alpha value is -3.39. The van der Waals surface area contributed by atoms with Crippen molar-refractivity contribution in [2.24, 2.45) is 5.10 Å². The number of aryl methyl sites for hydroxylation is 2. The van der Waals surface area contributed by atoms with E-state index in [1.807, 2.05) is 25.1 Å². The van der Waals surface area contributed by atoms with Crippen molar-refractivity contribution in [3.05, 3.63) is 71.3 Å². The summed E-state index contributed by atoms with van der Waals surface area (Å²) < 4.78 is 31.0. The number of nitrogens with one attached hydrogen (secondary N) is 1. The van der Waals surface area contributed by atoms with Crippen LogP contribution in [0.4, 0.5) is 5.69 Å². The summed E-state index contributed by atoms with van der Waals surface area (Å²) in [6.07, 6.45) is 4.74. The monoisotopic (exact) mass is 451 g/mol. The van der Waals surface area contributed by atoms with Crippen LogP contribution in [0.5, 0.6) is 5.75 Å². The van der Waals surface area contributed by atoms with Crippen molar-refractivity contribution in [2.75, 3.05) is 23.7 Å². The predicted molar refractivity (Wildman–Crippen MR) is 127 cm³/mol. The predicted octanol–water partition coefficient (Wildman–Crippen LogP) is 3.25. The van der Waals surface area contributed by atoms with Gasteiger partial charge in [0.15, 0.2) is 0 Å². The van der Waals surface area contributed by atoms with E-state index in [0.717, 1.165) is 34.4 Å². The smallest absolute Gasteiger partial charge is 0.260 e. The lowest BCUT2D eigenvalue weighted by atomic mass is 10.0. The number of sulfonamides is 1. The summed E-state index contributed by atoms with van der Waals surface area (Å²) in [6, 6.07) is 16.9. The van der Waals surface area contributed by atoms with Crippen LogP contribution in [0, 0.1) is 0 Å². The van der Waals surface area contributed by atoms with E-state index in [1.54, 1.807) is 30.5 Å². The molecule has 0 aliphatic heterocycles. The molecule has 0 saturated carbocycles. The minimum absolute atomic E-state index is 0.377. The number of carbonyl (C=O) groups excluding carboxylic acids is 1. The third-order valence-corrected chi connectivity index (χ3v) is 6.57. The molecule has 1 amide bonds. The highest BCUT2D eigenvalue weighted by Gasteiger charge is 2.21. The van der Waals surface area contributed by atoms with Gasteiger partial charge >= 0.3 is 0 Å². The van der Waals surface area contributed by atoms with Crippen molar-refractivity contribution < 1.29 is 17.9 Å². The molecular weight excluding hydrogens is 426 g/mol. The van der Waals surface area contributed by atoms with E-state index in [4.69, 9.17) is 4.74 Å². The SMILES string of the molecule is CCOc1ccc(N(CC(=O)N/N=C/c2ccc3c4c(cccc24)CC3)S(C)(=O)=O)cc1. The molecule has 1 aliphatic rings. The van der Waals surface area contributed by atoms with Crippen molar-refractivity contribution in [3.63, 3.8) is 0 Å². The van der Waals surface area contributed by atoms with Gasteiger partial charge in [-0.25, -0.2) is 13.8 Å². The van der Waals surface area contributed by atoms with Gasteiger partial charge in [-0.2, -0.15) is 5.10 Å². The fraction of sp³-hybridized carbons (Fsp3) is 0.250. The maximum absolute atomic E-state index is 12.5. The van der Waals surface area contributed by atoms with Gasteiger partial charge in [-0.05, 0) is 65.9 Å². The highest BCUT2D eigenvalue weighted by Crippen LogP contribution is 2.32. The molecule has 0 unspecified atom stereocenters. The van der Waals surface area contributed by atoms with Gasteiger partial charge in [-0.15, -0.1) is 0 Å². The van der Waals surface area contributed by atoms with E-state index in [1.165, 1.54) is 16.5 Å². The number of anilines is 1. The first kappa shape index (κ1) is 21.8. The van der Waals surface area contributed by atoms with Gasteiger partial charge in [0.1, 0.15) is 12.3 Å². The summed E-state index contributed by atoms with van der Waals surface area (Å²) in [4.78, 5) is 12.5. The number of nitrogens with zero attached hydrogens (tertiary/aromatic N) is 2. The molecule has 0 fully saturated rings. The first-order valence-corrected chi connectivity index (χ1v) is 12.3. The number of ether oxygens (including phenoxy) is 1. The standard InChI is InChI=1S/C24H25N3O4S/c1-3-31-21-13-11-20(12-14-21)27(32(2,29)30)16-23(28)26-25-15-19-10-9-18-8-7-17-5-4-6-22(19)24(17)18/h4-6,9-15H,3,7-8,16H2,1-2H3,(H,26,28)/b25-15+. The molecule has 32 heavy (non-hydrogen) atoms. The van der Waals surface area contributed by atoms with Crippen LogP contribution in [0.3, 0.4) is 0 Å². The molecule has 0 radical (unpaired) electrons. The second-order valence-corrected chi connectivity index (χ2v) is 9.55. The zero-order valence-corrected chi connectivity index (χ0v) is 18.9. The Morgan fingerprint density at radius 1 is 1.09 bits per heavy atom. The molecule has 0 bridgehead atoms. The summed E-state index contributed by atoms with van der Waals surface area (Å²) in [5.74, 6) is 0.0932. The Balaban J connectivity index is 1.48. The quantitative estimate of drug-likeness (QED) is 0.421. The maximum atomic E-state index is 12.5. The van der Waals surface area contributed by atoms with Crippen LogP contribution in [0.1, 0.15) is 23.6 Å². The lowest BCUT2D eigenvalue weighted by Crippen LogP contribution is -2.39. The second kappa shape index (κ2) is 9.00. The third kappa shape index (κ3) is 4.60. The number of rotatable bonds is 8. The largest absolute Gasteiger partial charge is 0.494 e. The minimum Gasteiger partial charge on any atom is -0.494 e. The number of hydrogen-bond acceptors (Lipinski definition) is 5. The molecular formula is C24H25N3O4S. The van der Waals surface area contributed by atoms with Gasteiger partial charge in [0, 0.05) is 5.56 Å². The first-order valence-electron chi connectivity index (χ1n) is 10.4. The average molecular weight is 452 g/mol. The zero-order chi connectivity index (χ0) is 22.7. The number of hydrazone groups is 1. The summed E-state index contributed by atoms with van der Waals surface area (Å²) in [6.45, 7) is 1.99. The summed E-state index contributed by atoms with van der Waals surface area (Å²) in [5.41, 5.74) is 6.38.